The zero-order chi connectivity index (χ0) is 18.6. The lowest BCUT2D eigenvalue weighted by Crippen LogP contribution is -2.33. The monoisotopic (exact) mass is 367 g/mol. The molecule has 27 heavy (non-hydrogen) atoms. The molecule has 0 atom stereocenters. The fraction of sp³-hybridized carbons (Fsp3) is 0.545. The first kappa shape index (κ1) is 18.1. The van der Waals surface area contributed by atoms with Gasteiger partial charge in [-0.1, -0.05) is 18.6 Å². The highest BCUT2D eigenvalue weighted by atomic mass is 16.5. The van der Waals surface area contributed by atoms with Crippen LogP contribution in [0, 0.1) is 12.8 Å². The fourth-order valence-corrected chi connectivity index (χ4v) is 3.51. The van der Waals surface area contributed by atoms with Gasteiger partial charge in [0.2, 0.25) is 5.91 Å². The largest absolute Gasteiger partial charge is 0.493 e. The average Bonchev–Trinajstić information content (AvgIpc) is 3.39. The lowest BCUT2D eigenvalue weighted by atomic mass is 9.86. The van der Waals surface area contributed by atoms with Gasteiger partial charge in [0.25, 0.3) is 0 Å². The second kappa shape index (κ2) is 8.15. The molecule has 0 spiro atoms. The molecule has 5 heteroatoms. The summed E-state index contributed by atoms with van der Waals surface area (Å²) in [5.41, 5.74) is 2.15. The van der Waals surface area contributed by atoms with E-state index in [0.29, 0.717) is 25.6 Å². The highest BCUT2D eigenvalue weighted by Gasteiger charge is 2.32. The zero-order valence-corrected chi connectivity index (χ0v) is 16.1. The summed E-state index contributed by atoms with van der Waals surface area (Å²) in [6, 6.07) is 10.6. The molecule has 2 aliphatic carbocycles. The molecule has 0 aliphatic heterocycles. The number of hydrogen-bond donors (Lipinski definition) is 0. The molecule has 4 rings (SSSR count). The molecule has 1 aromatic carbocycles. The molecule has 0 radical (unpaired) electrons. The lowest BCUT2D eigenvalue weighted by Gasteiger charge is -2.25. The number of hydrogen-bond acceptors (Lipinski definition) is 3. The van der Waals surface area contributed by atoms with Crippen molar-refractivity contribution in [1.82, 2.24) is 14.7 Å². The quantitative estimate of drug-likeness (QED) is 0.674. The van der Waals surface area contributed by atoms with Gasteiger partial charge in [0.1, 0.15) is 5.75 Å². The van der Waals surface area contributed by atoms with Gasteiger partial charge in [-0.25, -0.2) is 0 Å². The van der Waals surface area contributed by atoms with Crippen molar-refractivity contribution < 1.29 is 9.53 Å². The molecule has 0 unspecified atom stereocenters. The number of nitrogens with zero attached hydrogens (tertiary/aromatic N) is 3. The van der Waals surface area contributed by atoms with Crippen molar-refractivity contribution >= 4 is 5.91 Å². The van der Waals surface area contributed by atoms with Crippen LogP contribution in [0.3, 0.4) is 0 Å². The highest BCUT2D eigenvalue weighted by molar-refractivity contribution is 5.76. The Morgan fingerprint density at radius 2 is 1.96 bits per heavy atom. The molecular weight excluding hydrogens is 338 g/mol. The Morgan fingerprint density at radius 1 is 1.19 bits per heavy atom. The SMILES string of the molecule is Cc1ccn(CCC(=O)N(Cc2ccc(OCC3CCC3)cc2)C2CC2)n1. The van der Waals surface area contributed by atoms with Gasteiger partial charge < -0.3 is 9.64 Å². The van der Waals surface area contributed by atoms with E-state index in [9.17, 15) is 4.79 Å². The predicted octanol–water partition coefficient (Wildman–Crippen LogP) is 3.95. The molecule has 0 saturated heterocycles. The van der Waals surface area contributed by atoms with Crippen LogP contribution in [0.5, 0.6) is 5.75 Å². The molecule has 1 aromatic heterocycles. The van der Waals surface area contributed by atoms with Gasteiger partial charge in [-0.15, -0.1) is 0 Å². The number of carbonyl (C=O) groups excluding carboxylic acids is 1. The number of carbonyl (C=O) groups is 1. The molecule has 2 aromatic rings. The Kier molecular flexibility index (Phi) is 5.46. The number of amides is 1. The van der Waals surface area contributed by atoms with E-state index in [1.165, 1.54) is 24.8 Å². The molecule has 1 amide bonds. The van der Waals surface area contributed by atoms with Crippen molar-refractivity contribution in [2.24, 2.45) is 5.92 Å². The van der Waals surface area contributed by atoms with Gasteiger partial charge in [-0.2, -0.15) is 5.10 Å². The fourth-order valence-electron chi connectivity index (χ4n) is 3.51. The Bertz CT molecular complexity index is 760. The van der Waals surface area contributed by atoms with E-state index < -0.39 is 0 Å². The first-order valence-electron chi connectivity index (χ1n) is 10.2. The van der Waals surface area contributed by atoms with Crippen LogP contribution in [0.25, 0.3) is 0 Å². The zero-order valence-electron chi connectivity index (χ0n) is 16.1. The summed E-state index contributed by atoms with van der Waals surface area (Å²) in [6.45, 7) is 4.13. The molecular formula is C22H29N3O2. The molecule has 0 N–H and O–H groups in total. The average molecular weight is 367 g/mol. The van der Waals surface area contributed by atoms with Crippen molar-refractivity contribution in [1.29, 1.82) is 0 Å². The maximum atomic E-state index is 12.8. The third-order valence-corrected chi connectivity index (χ3v) is 5.62. The number of aromatic nitrogens is 2. The second-order valence-electron chi connectivity index (χ2n) is 7.97. The third-order valence-electron chi connectivity index (χ3n) is 5.62. The minimum atomic E-state index is 0.218. The minimum absolute atomic E-state index is 0.218. The van der Waals surface area contributed by atoms with E-state index in [-0.39, 0.29) is 5.91 Å². The van der Waals surface area contributed by atoms with Crippen LogP contribution >= 0.6 is 0 Å². The van der Waals surface area contributed by atoms with E-state index >= 15 is 0 Å². The van der Waals surface area contributed by atoms with Crippen LogP contribution in [-0.4, -0.2) is 33.2 Å². The predicted molar refractivity (Wildman–Crippen MR) is 104 cm³/mol. The number of ether oxygens (including phenoxy) is 1. The van der Waals surface area contributed by atoms with Crippen LogP contribution in [0.4, 0.5) is 0 Å². The summed E-state index contributed by atoms with van der Waals surface area (Å²) in [7, 11) is 0. The molecule has 2 aliphatic rings. The number of aryl methyl sites for hydroxylation is 2. The first-order chi connectivity index (χ1) is 13.2. The van der Waals surface area contributed by atoms with E-state index in [4.69, 9.17) is 4.74 Å². The van der Waals surface area contributed by atoms with Gasteiger partial charge in [0.15, 0.2) is 0 Å². The van der Waals surface area contributed by atoms with Crippen LogP contribution in [0.2, 0.25) is 0 Å². The standard InChI is InChI=1S/C22H29N3O2/c1-17-11-13-24(23-17)14-12-22(26)25(20-7-8-20)15-18-5-9-21(10-6-18)27-16-19-3-2-4-19/h5-6,9-11,13,19-20H,2-4,7-8,12,14-16H2,1H3. The van der Waals surface area contributed by atoms with E-state index in [1.54, 1.807) is 0 Å². The molecule has 1 heterocycles. The van der Waals surface area contributed by atoms with Gasteiger partial charge in [-0.3, -0.25) is 9.48 Å². The van der Waals surface area contributed by atoms with Crippen molar-refractivity contribution in [3.05, 3.63) is 47.8 Å². The van der Waals surface area contributed by atoms with Crippen LogP contribution < -0.4 is 4.74 Å². The van der Waals surface area contributed by atoms with Gasteiger partial charge >= 0.3 is 0 Å². The van der Waals surface area contributed by atoms with E-state index in [2.05, 4.69) is 17.2 Å². The van der Waals surface area contributed by atoms with Crippen molar-refractivity contribution in [2.45, 2.75) is 64.6 Å². The Hall–Kier alpha value is -2.30. The highest BCUT2D eigenvalue weighted by Crippen LogP contribution is 2.30. The molecule has 144 valence electrons. The normalized spacial score (nSPS) is 16.8. The van der Waals surface area contributed by atoms with E-state index in [1.807, 2.05) is 40.9 Å². The maximum Gasteiger partial charge on any atom is 0.224 e. The summed E-state index contributed by atoms with van der Waals surface area (Å²) in [6.07, 6.45) is 8.62. The second-order valence-corrected chi connectivity index (χ2v) is 7.97. The van der Waals surface area contributed by atoms with Crippen LogP contribution in [0.1, 0.15) is 49.8 Å². The Morgan fingerprint density at radius 3 is 2.56 bits per heavy atom. The summed E-state index contributed by atoms with van der Waals surface area (Å²) in [4.78, 5) is 14.8. The van der Waals surface area contributed by atoms with Gasteiger partial charge in [0, 0.05) is 31.7 Å². The van der Waals surface area contributed by atoms with Crippen molar-refractivity contribution in [2.75, 3.05) is 6.61 Å². The Labute approximate surface area is 161 Å². The smallest absolute Gasteiger partial charge is 0.224 e. The summed E-state index contributed by atoms with van der Waals surface area (Å²) < 4.78 is 7.73. The topological polar surface area (TPSA) is 47.4 Å². The lowest BCUT2D eigenvalue weighted by molar-refractivity contribution is -0.132. The summed E-state index contributed by atoms with van der Waals surface area (Å²) >= 11 is 0. The third kappa shape index (κ3) is 4.90. The van der Waals surface area contributed by atoms with E-state index in [0.717, 1.165) is 36.8 Å². The molecule has 2 saturated carbocycles. The molecule has 5 nitrogen and oxygen atoms in total. The Balaban J connectivity index is 1.30. The van der Waals surface area contributed by atoms with Gasteiger partial charge in [0.05, 0.1) is 12.3 Å². The number of rotatable bonds is 9. The summed E-state index contributed by atoms with van der Waals surface area (Å²) in [5.74, 6) is 1.89. The minimum Gasteiger partial charge on any atom is -0.493 e. The van der Waals surface area contributed by atoms with Gasteiger partial charge in [-0.05, 0) is 62.3 Å². The van der Waals surface area contributed by atoms with Crippen LogP contribution in [0.15, 0.2) is 36.5 Å². The maximum absolute atomic E-state index is 12.8. The summed E-state index contributed by atoms with van der Waals surface area (Å²) in [5, 5.41) is 4.37. The first-order valence-corrected chi connectivity index (χ1v) is 10.2. The van der Waals surface area contributed by atoms with Crippen molar-refractivity contribution in [3.63, 3.8) is 0 Å². The molecule has 0 bridgehead atoms. The number of benzene rings is 1. The van der Waals surface area contributed by atoms with Crippen molar-refractivity contribution in [3.8, 4) is 5.75 Å². The molecule has 2 fully saturated rings. The van der Waals surface area contributed by atoms with Crippen LogP contribution in [-0.2, 0) is 17.9 Å².